The summed E-state index contributed by atoms with van der Waals surface area (Å²) >= 11 is 0. The minimum atomic E-state index is -3.79. The molecule has 0 radical (unpaired) electrons. The van der Waals surface area contributed by atoms with E-state index in [-0.39, 0.29) is 10.8 Å². The highest BCUT2D eigenvalue weighted by Gasteiger charge is 2.17. The number of carbonyl (C=O) groups excluding carboxylic acids is 1. The third-order valence-corrected chi connectivity index (χ3v) is 4.97. The van der Waals surface area contributed by atoms with E-state index < -0.39 is 10.0 Å². The number of methoxy groups -OCH3 is 2. The molecule has 0 aliphatic carbocycles. The van der Waals surface area contributed by atoms with Crippen LogP contribution in [0.3, 0.4) is 0 Å². The molecule has 0 spiro atoms. The third-order valence-electron chi connectivity index (χ3n) is 3.59. The summed E-state index contributed by atoms with van der Waals surface area (Å²) in [6, 6.07) is 12.5. The Balaban J connectivity index is 2.07. The molecule has 0 saturated carbocycles. The molecule has 0 aromatic heterocycles. The summed E-state index contributed by atoms with van der Waals surface area (Å²) in [6.45, 7) is 1.05. The van der Waals surface area contributed by atoms with E-state index >= 15 is 0 Å². The largest absolute Gasteiger partial charge is 0.495 e. The fourth-order valence-corrected chi connectivity index (χ4v) is 3.31. The van der Waals surface area contributed by atoms with Gasteiger partial charge in [-0.1, -0.05) is 12.1 Å². The normalized spacial score (nSPS) is 11.0. The molecule has 2 aromatic rings. The Morgan fingerprint density at radius 1 is 1.04 bits per heavy atom. The minimum absolute atomic E-state index is 0.0549. The monoisotopic (exact) mass is 378 g/mol. The van der Waals surface area contributed by atoms with E-state index in [1.807, 2.05) is 0 Å². The van der Waals surface area contributed by atoms with Crippen molar-refractivity contribution >= 4 is 21.6 Å². The van der Waals surface area contributed by atoms with Gasteiger partial charge in [0.25, 0.3) is 15.9 Å². The molecule has 2 aromatic carbocycles. The van der Waals surface area contributed by atoms with Crippen LogP contribution in [-0.2, 0) is 14.8 Å². The minimum Gasteiger partial charge on any atom is -0.495 e. The molecule has 0 unspecified atom stereocenters. The summed E-state index contributed by atoms with van der Waals surface area (Å²) in [5.41, 5.74) is 0.730. The number of hydrogen-bond donors (Lipinski definition) is 2. The number of nitrogens with one attached hydrogen (secondary N) is 2. The van der Waals surface area contributed by atoms with E-state index in [0.717, 1.165) is 0 Å². The Labute approximate surface area is 153 Å². The van der Waals surface area contributed by atoms with Gasteiger partial charge in [0, 0.05) is 25.8 Å². The number of hydrogen-bond acceptors (Lipinski definition) is 5. The summed E-state index contributed by atoms with van der Waals surface area (Å²) in [6.07, 6.45) is 0.706. The van der Waals surface area contributed by atoms with Crippen molar-refractivity contribution in [1.29, 1.82) is 0 Å². The van der Waals surface area contributed by atoms with Gasteiger partial charge in [-0.15, -0.1) is 0 Å². The zero-order valence-electron chi connectivity index (χ0n) is 14.7. The highest BCUT2D eigenvalue weighted by molar-refractivity contribution is 7.92. The first kappa shape index (κ1) is 19.7. The van der Waals surface area contributed by atoms with Crippen LogP contribution in [0.5, 0.6) is 5.75 Å². The summed E-state index contributed by atoms with van der Waals surface area (Å²) in [4.78, 5) is 12.1. The molecule has 0 aliphatic heterocycles. The highest BCUT2D eigenvalue weighted by Crippen LogP contribution is 2.26. The van der Waals surface area contributed by atoms with E-state index in [4.69, 9.17) is 9.47 Å². The average Bonchev–Trinajstić information content (AvgIpc) is 2.65. The highest BCUT2D eigenvalue weighted by atomic mass is 32.2. The van der Waals surface area contributed by atoms with Crippen molar-refractivity contribution < 1.29 is 22.7 Å². The van der Waals surface area contributed by atoms with Gasteiger partial charge in [0.1, 0.15) is 5.75 Å². The van der Waals surface area contributed by atoms with E-state index in [2.05, 4.69) is 10.0 Å². The topological polar surface area (TPSA) is 93.7 Å². The number of para-hydroxylation sites is 2. The number of carbonyl (C=O) groups is 1. The van der Waals surface area contributed by atoms with Crippen molar-refractivity contribution in [1.82, 2.24) is 5.32 Å². The number of ether oxygens (including phenoxy) is 2. The Morgan fingerprint density at radius 2 is 1.73 bits per heavy atom. The lowest BCUT2D eigenvalue weighted by molar-refractivity contribution is 0.0948. The van der Waals surface area contributed by atoms with Crippen LogP contribution in [0, 0.1) is 0 Å². The van der Waals surface area contributed by atoms with Crippen molar-refractivity contribution in [2.24, 2.45) is 0 Å². The zero-order chi connectivity index (χ0) is 19.0. The molecule has 2 rings (SSSR count). The number of amides is 1. The second kappa shape index (κ2) is 9.21. The molecule has 0 atom stereocenters. The molecule has 0 saturated heterocycles. The van der Waals surface area contributed by atoms with E-state index in [1.54, 1.807) is 31.4 Å². The third kappa shape index (κ3) is 5.21. The Kier molecular flexibility index (Phi) is 6.99. The van der Waals surface area contributed by atoms with Crippen LogP contribution in [0.4, 0.5) is 5.69 Å². The van der Waals surface area contributed by atoms with Crippen LogP contribution in [-0.4, -0.2) is 41.7 Å². The van der Waals surface area contributed by atoms with Crippen LogP contribution >= 0.6 is 0 Å². The van der Waals surface area contributed by atoms with Gasteiger partial charge in [-0.05, 0) is 42.8 Å². The lowest BCUT2D eigenvalue weighted by Gasteiger charge is -2.12. The lowest BCUT2D eigenvalue weighted by Crippen LogP contribution is -2.25. The van der Waals surface area contributed by atoms with Gasteiger partial charge in [0.2, 0.25) is 0 Å². The molecule has 0 bridgehead atoms. The van der Waals surface area contributed by atoms with E-state index in [9.17, 15) is 13.2 Å². The second-order valence-electron chi connectivity index (χ2n) is 5.43. The summed E-state index contributed by atoms with van der Waals surface area (Å²) in [5.74, 6) is 0.158. The van der Waals surface area contributed by atoms with E-state index in [0.29, 0.717) is 36.6 Å². The number of benzene rings is 2. The molecule has 140 valence electrons. The summed E-state index contributed by atoms with van der Waals surface area (Å²) < 4.78 is 37.6. The molecule has 0 aliphatic rings. The Morgan fingerprint density at radius 3 is 2.38 bits per heavy atom. The fourth-order valence-electron chi connectivity index (χ4n) is 2.24. The van der Waals surface area contributed by atoms with Gasteiger partial charge in [-0.25, -0.2) is 8.42 Å². The summed E-state index contributed by atoms with van der Waals surface area (Å²) in [7, 11) is -0.728. The smallest absolute Gasteiger partial charge is 0.262 e. The van der Waals surface area contributed by atoms with Crippen molar-refractivity contribution in [3.8, 4) is 5.75 Å². The molecular weight excluding hydrogens is 356 g/mol. The maximum atomic E-state index is 12.5. The van der Waals surface area contributed by atoms with Crippen LogP contribution in [0.25, 0.3) is 0 Å². The average molecular weight is 378 g/mol. The first-order chi connectivity index (χ1) is 12.5. The second-order valence-corrected chi connectivity index (χ2v) is 7.11. The molecule has 0 heterocycles. The SMILES string of the molecule is COCCCNC(=O)c1ccc(S(=O)(=O)Nc2ccccc2OC)cc1. The standard InChI is InChI=1S/C18H22N2O5S/c1-24-13-5-12-19-18(21)14-8-10-15(11-9-14)26(22,23)20-16-6-3-4-7-17(16)25-2/h3-4,6-11,20H,5,12-13H2,1-2H3,(H,19,21). The zero-order valence-corrected chi connectivity index (χ0v) is 15.5. The first-order valence-electron chi connectivity index (χ1n) is 8.01. The maximum Gasteiger partial charge on any atom is 0.262 e. The number of anilines is 1. The molecule has 1 amide bonds. The fraction of sp³-hybridized carbons (Fsp3) is 0.278. The summed E-state index contributed by atoms with van der Waals surface area (Å²) in [5, 5.41) is 2.75. The first-order valence-corrected chi connectivity index (χ1v) is 9.49. The van der Waals surface area contributed by atoms with Gasteiger partial charge >= 0.3 is 0 Å². The lowest BCUT2D eigenvalue weighted by atomic mass is 10.2. The van der Waals surface area contributed by atoms with Crippen LogP contribution < -0.4 is 14.8 Å². The molecular formula is C18H22N2O5S. The molecule has 0 fully saturated rings. The predicted octanol–water partition coefficient (Wildman–Crippen LogP) is 2.26. The van der Waals surface area contributed by atoms with Gasteiger partial charge < -0.3 is 14.8 Å². The van der Waals surface area contributed by atoms with Crippen molar-refractivity contribution in [3.63, 3.8) is 0 Å². The predicted molar refractivity (Wildman–Crippen MR) is 99.1 cm³/mol. The van der Waals surface area contributed by atoms with E-state index in [1.165, 1.54) is 31.4 Å². The van der Waals surface area contributed by atoms with Gasteiger partial charge in [0.05, 0.1) is 17.7 Å². The van der Waals surface area contributed by atoms with Crippen molar-refractivity contribution in [2.75, 3.05) is 32.1 Å². The van der Waals surface area contributed by atoms with Crippen LogP contribution in [0.15, 0.2) is 53.4 Å². The van der Waals surface area contributed by atoms with Crippen molar-refractivity contribution in [2.45, 2.75) is 11.3 Å². The molecule has 26 heavy (non-hydrogen) atoms. The Bertz CT molecular complexity index is 835. The molecule has 8 heteroatoms. The maximum absolute atomic E-state index is 12.5. The van der Waals surface area contributed by atoms with Crippen LogP contribution in [0.2, 0.25) is 0 Å². The quantitative estimate of drug-likeness (QED) is 0.653. The van der Waals surface area contributed by atoms with Gasteiger partial charge in [-0.3, -0.25) is 9.52 Å². The van der Waals surface area contributed by atoms with Crippen LogP contribution in [0.1, 0.15) is 16.8 Å². The molecule has 7 nitrogen and oxygen atoms in total. The Hall–Kier alpha value is -2.58. The van der Waals surface area contributed by atoms with Gasteiger partial charge in [0.15, 0.2) is 0 Å². The molecule has 2 N–H and O–H groups in total. The number of rotatable bonds is 9. The van der Waals surface area contributed by atoms with Gasteiger partial charge in [-0.2, -0.15) is 0 Å². The number of sulfonamides is 1. The van der Waals surface area contributed by atoms with Crippen molar-refractivity contribution in [3.05, 3.63) is 54.1 Å².